The molecule has 0 saturated carbocycles. The molecule has 2 heteroatoms. The maximum absolute atomic E-state index is 5.92. The molecule has 0 aromatic carbocycles. The van der Waals surface area contributed by atoms with E-state index in [4.69, 9.17) is 4.42 Å². The molecular weight excluding hydrogens is 198 g/mol. The van der Waals surface area contributed by atoms with E-state index in [1.54, 1.807) is 0 Å². The van der Waals surface area contributed by atoms with Gasteiger partial charge >= 0.3 is 0 Å². The minimum atomic E-state index is 0.120. The molecule has 1 unspecified atom stereocenters. The van der Waals surface area contributed by atoms with E-state index >= 15 is 0 Å². The fraction of sp³-hybridized carbons (Fsp3) is 0.714. The summed E-state index contributed by atoms with van der Waals surface area (Å²) in [5, 5.41) is 0. The molecule has 0 bridgehead atoms. The summed E-state index contributed by atoms with van der Waals surface area (Å²) < 4.78 is 5.92. The standard InChI is InChI=1S/C14H23NO/c1-11-6-5-9-15(11)10-12-7-8-13(16-12)14(2,3)4/h7-8,11H,5-6,9-10H2,1-4H3. The van der Waals surface area contributed by atoms with Crippen LogP contribution in [0.1, 0.15) is 52.1 Å². The molecule has 1 aliphatic rings. The van der Waals surface area contributed by atoms with Crippen molar-refractivity contribution in [1.82, 2.24) is 4.90 Å². The second-order valence-corrected chi connectivity index (χ2v) is 5.98. The summed E-state index contributed by atoms with van der Waals surface area (Å²) in [6.07, 6.45) is 2.65. The second kappa shape index (κ2) is 4.25. The average Bonchev–Trinajstić information content (AvgIpc) is 2.76. The normalized spacial score (nSPS) is 22.9. The summed E-state index contributed by atoms with van der Waals surface area (Å²) in [4.78, 5) is 2.51. The van der Waals surface area contributed by atoms with Crippen LogP contribution >= 0.6 is 0 Å². The van der Waals surface area contributed by atoms with E-state index < -0.39 is 0 Å². The van der Waals surface area contributed by atoms with Crippen molar-refractivity contribution in [3.8, 4) is 0 Å². The van der Waals surface area contributed by atoms with Gasteiger partial charge in [0.15, 0.2) is 0 Å². The molecule has 0 amide bonds. The van der Waals surface area contributed by atoms with Gasteiger partial charge in [-0.2, -0.15) is 0 Å². The smallest absolute Gasteiger partial charge is 0.118 e. The molecule has 1 saturated heterocycles. The number of furan rings is 1. The molecule has 1 fully saturated rings. The predicted molar refractivity (Wildman–Crippen MR) is 66.5 cm³/mol. The lowest BCUT2D eigenvalue weighted by molar-refractivity contribution is 0.232. The third kappa shape index (κ3) is 2.49. The molecule has 16 heavy (non-hydrogen) atoms. The molecule has 2 nitrogen and oxygen atoms in total. The van der Waals surface area contributed by atoms with Gasteiger partial charge in [0.25, 0.3) is 0 Å². The molecule has 0 spiro atoms. The van der Waals surface area contributed by atoms with Gasteiger partial charge in [-0.1, -0.05) is 20.8 Å². The van der Waals surface area contributed by atoms with Crippen LogP contribution in [0.2, 0.25) is 0 Å². The van der Waals surface area contributed by atoms with E-state index in [0.29, 0.717) is 6.04 Å². The van der Waals surface area contributed by atoms with Crippen LogP contribution in [0.4, 0.5) is 0 Å². The molecule has 0 N–H and O–H groups in total. The average molecular weight is 221 g/mol. The summed E-state index contributed by atoms with van der Waals surface area (Å²) in [7, 11) is 0. The van der Waals surface area contributed by atoms with Crippen LogP contribution in [0, 0.1) is 0 Å². The van der Waals surface area contributed by atoms with E-state index in [0.717, 1.165) is 18.1 Å². The van der Waals surface area contributed by atoms with Gasteiger partial charge in [0, 0.05) is 11.5 Å². The molecule has 1 aromatic rings. The maximum atomic E-state index is 5.92. The molecule has 1 aliphatic heterocycles. The minimum absolute atomic E-state index is 0.120. The largest absolute Gasteiger partial charge is 0.464 e. The van der Waals surface area contributed by atoms with E-state index in [1.165, 1.54) is 19.4 Å². The van der Waals surface area contributed by atoms with Crippen LogP contribution in [0.25, 0.3) is 0 Å². The van der Waals surface area contributed by atoms with Crippen molar-refractivity contribution in [2.75, 3.05) is 6.54 Å². The van der Waals surface area contributed by atoms with Crippen molar-refractivity contribution < 1.29 is 4.42 Å². The Labute approximate surface area is 98.6 Å². The number of hydrogen-bond donors (Lipinski definition) is 0. The van der Waals surface area contributed by atoms with Crippen LogP contribution in [0.15, 0.2) is 16.5 Å². The summed E-state index contributed by atoms with van der Waals surface area (Å²) in [5.41, 5.74) is 0.120. The lowest BCUT2D eigenvalue weighted by Gasteiger charge is -2.19. The molecule has 0 aliphatic carbocycles. The lowest BCUT2D eigenvalue weighted by atomic mass is 9.94. The van der Waals surface area contributed by atoms with Crippen LogP contribution in [-0.4, -0.2) is 17.5 Å². The van der Waals surface area contributed by atoms with Crippen LogP contribution in [0.3, 0.4) is 0 Å². The summed E-state index contributed by atoms with van der Waals surface area (Å²) in [5.74, 6) is 2.20. The number of hydrogen-bond acceptors (Lipinski definition) is 2. The van der Waals surface area contributed by atoms with Gasteiger partial charge in [-0.05, 0) is 38.4 Å². The van der Waals surface area contributed by atoms with Gasteiger partial charge < -0.3 is 4.42 Å². The Hall–Kier alpha value is -0.760. The van der Waals surface area contributed by atoms with Crippen molar-refractivity contribution in [3.05, 3.63) is 23.7 Å². The van der Waals surface area contributed by atoms with Gasteiger partial charge in [0.1, 0.15) is 11.5 Å². The van der Waals surface area contributed by atoms with E-state index in [-0.39, 0.29) is 5.41 Å². The first-order valence-corrected chi connectivity index (χ1v) is 6.30. The monoisotopic (exact) mass is 221 g/mol. The highest BCUT2D eigenvalue weighted by Gasteiger charge is 2.23. The Balaban J connectivity index is 2.03. The highest BCUT2D eigenvalue weighted by atomic mass is 16.3. The number of likely N-dealkylation sites (tertiary alicyclic amines) is 1. The molecule has 2 rings (SSSR count). The fourth-order valence-corrected chi connectivity index (χ4v) is 2.29. The zero-order valence-corrected chi connectivity index (χ0v) is 10.9. The Morgan fingerprint density at radius 3 is 2.62 bits per heavy atom. The highest BCUT2D eigenvalue weighted by Crippen LogP contribution is 2.26. The Morgan fingerprint density at radius 1 is 1.38 bits per heavy atom. The van der Waals surface area contributed by atoms with Crippen LogP contribution < -0.4 is 0 Å². The van der Waals surface area contributed by atoms with E-state index in [9.17, 15) is 0 Å². The first-order valence-electron chi connectivity index (χ1n) is 6.30. The van der Waals surface area contributed by atoms with Crippen molar-refractivity contribution in [2.45, 2.75) is 58.5 Å². The zero-order valence-electron chi connectivity index (χ0n) is 10.9. The Morgan fingerprint density at radius 2 is 2.12 bits per heavy atom. The molecular formula is C14H23NO. The molecule has 2 heterocycles. The van der Waals surface area contributed by atoms with E-state index in [2.05, 4.69) is 44.7 Å². The van der Waals surface area contributed by atoms with Crippen LogP contribution in [-0.2, 0) is 12.0 Å². The van der Waals surface area contributed by atoms with Crippen molar-refractivity contribution in [3.63, 3.8) is 0 Å². The SMILES string of the molecule is CC1CCCN1Cc1ccc(C(C)(C)C)o1. The third-order valence-corrected chi connectivity index (χ3v) is 3.45. The van der Waals surface area contributed by atoms with E-state index in [1.807, 2.05) is 0 Å². The van der Waals surface area contributed by atoms with Crippen molar-refractivity contribution in [2.24, 2.45) is 0 Å². The van der Waals surface area contributed by atoms with Crippen molar-refractivity contribution in [1.29, 1.82) is 0 Å². The first-order chi connectivity index (χ1) is 7.47. The number of nitrogens with zero attached hydrogens (tertiary/aromatic N) is 1. The third-order valence-electron chi connectivity index (χ3n) is 3.45. The quantitative estimate of drug-likeness (QED) is 0.759. The summed E-state index contributed by atoms with van der Waals surface area (Å²) >= 11 is 0. The molecule has 90 valence electrons. The maximum Gasteiger partial charge on any atom is 0.118 e. The summed E-state index contributed by atoms with van der Waals surface area (Å²) in [6.45, 7) is 11.1. The van der Waals surface area contributed by atoms with Crippen LogP contribution in [0.5, 0.6) is 0 Å². The number of rotatable bonds is 2. The Bertz CT molecular complexity index is 348. The fourth-order valence-electron chi connectivity index (χ4n) is 2.29. The first kappa shape index (κ1) is 11.7. The predicted octanol–water partition coefficient (Wildman–Crippen LogP) is 3.56. The summed E-state index contributed by atoms with van der Waals surface area (Å²) in [6, 6.07) is 4.96. The highest BCUT2D eigenvalue weighted by molar-refractivity contribution is 5.14. The van der Waals surface area contributed by atoms with Gasteiger partial charge in [0.2, 0.25) is 0 Å². The minimum Gasteiger partial charge on any atom is -0.464 e. The molecule has 1 atom stereocenters. The molecule has 0 radical (unpaired) electrons. The topological polar surface area (TPSA) is 16.4 Å². The zero-order chi connectivity index (χ0) is 11.8. The lowest BCUT2D eigenvalue weighted by Crippen LogP contribution is -2.25. The van der Waals surface area contributed by atoms with Gasteiger partial charge in [-0.25, -0.2) is 0 Å². The van der Waals surface area contributed by atoms with Gasteiger partial charge in [-0.15, -0.1) is 0 Å². The second-order valence-electron chi connectivity index (χ2n) is 5.98. The van der Waals surface area contributed by atoms with Crippen molar-refractivity contribution >= 4 is 0 Å². The molecule has 1 aromatic heterocycles. The van der Waals surface area contributed by atoms with Gasteiger partial charge in [-0.3, -0.25) is 4.90 Å². The van der Waals surface area contributed by atoms with Gasteiger partial charge in [0.05, 0.1) is 6.54 Å². The Kier molecular flexibility index (Phi) is 3.11.